The van der Waals surface area contributed by atoms with Crippen LogP contribution in [0.15, 0.2) is 84.9 Å². The van der Waals surface area contributed by atoms with Crippen LogP contribution in [0, 0.1) is 0 Å². The minimum Gasteiger partial charge on any atom is -0.465 e. The number of nitrogens with one attached hydrogen (secondary N) is 3. The molecule has 0 bridgehead atoms. The molecular formula is C22H20ClN3O3. The predicted octanol–water partition coefficient (Wildman–Crippen LogP) is 5.21. The normalized spacial score (nSPS) is 12.4. The zero-order valence-corrected chi connectivity index (χ0v) is 16.1. The third-order valence-electron chi connectivity index (χ3n) is 4.32. The van der Waals surface area contributed by atoms with Crippen LogP contribution in [0.2, 0.25) is 5.02 Å². The molecule has 0 spiro atoms. The summed E-state index contributed by atoms with van der Waals surface area (Å²) in [5.41, 5.74) is 2.07. The Kier molecular flexibility index (Phi) is 6.71. The van der Waals surface area contributed by atoms with E-state index in [0.29, 0.717) is 10.7 Å². The number of carboxylic acid groups (broad SMARTS) is 1. The summed E-state index contributed by atoms with van der Waals surface area (Å²) in [4.78, 5) is 24.1. The molecule has 6 nitrogen and oxygen atoms in total. The molecule has 2 unspecified atom stereocenters. The lowest BCUT2D eigenvalue weighted by molar-refractivity contribution is 0.185. The highest BCUT2D eigenvalue weighted by atomic mass is 35.5. The van der Waals surface area contributed by atoms with Crippen molar-refractivity contribution in [2.75, 3.05) is 5.32 Å². The van der Waals surface area contributed by atoms with Crippen LogP contribution in [0.5, 0.6) is 0 Å². The van der Waals surface area contributed by atoms with E-state index in [-0.39, 0.29) is 0 Å². The van der Waals surface area contributed by atoms with Crippen LogP contribution in [-0.4, -0.2) is 17.2 Å². The zero-order valence-electron chi connectivity index (χ0n) is 15.4. The van der Waals surface area contributed by atoms with E-state index in [4.69, 9.17) is 11.6 Å². The minimum absolute atomic E-state index is 0.464. The number of rotatable bonds is 6. The second-order valence-corrected chi connectivity index (χ2v) is 6.77. The van der Waals surface area contributed by atoms with Crippen LogP contribution < -0.4 is 16.0 Å². The number of carbonyl (C=O) groups is 2. The smallest absolute Gasteiger partial charge is 0.405 e. The van der Waals surface area contributed by atoms with Gasteiger partial charge in [-0.15, -0.1) is 0 Å². The van der Waals surface area contributed by atoms with Gasteiger partial charge < -0.3 is 21.1 Å². The summed E-state index contributed by atoms with van der Waals surface area (Å²) in [6.07, 6.45) is -1.18. The van der Waals surface area contributed by atoms with Crippen LogP contribution >= 0.6 is 11.6 Å². The highest BCUT2D eigenvalue weighted by Gasteiger charge is 2.28. The number of amides is 3. The Balaban J connectivity index is 1.89. The van der Waals surface area contributed by atoms with Gasteiger partial charge in [0.1, 0.15) is 0 Å². The van der Waals surface area contributed by atoms with Gasteiger partial charge in [-0.25, -0.2) is 9.59 Å². The maximum atomic E-state index is 12.7. The van der Waals surface area contributed by atoms with E-state index in [9.17, 15) is 14.7 Å². The van der Waals surface area contributed by atoms with Crippen molar-refractivity contribution in [1.82, 2.24) is 10.6 Å². The van der Waals surface area contributed by atoms with Gasteiger partial charge in [-0.2, -0.15) is 0 Å². The molecule has 3 aromatic carbocycles. The van der Waals surface area contributed by atoms with Crippen molar-refractivity contribution in [2.45, 2.75) is 12.1 Å². The number of carbonyl (C=O) groups excluding carboxylic acids is 1. The fourth-order valence-corrected chi connectivity index (χ4v) is 3.14. The molecule has 4 N–H and O–H groups in total. The molecule has 3 rings (SSSR count). The molecule has 0 saturated carbocycles. The standard InChI is InChI=1S/C22H20ClN3O3/c23-17-11-13-18(14-12-17)24-21(27)25-19(15-7-3-1-4-8-15)20(26-22(28)29)16-9-5-2-6-10-16/h1-14,19-20,26H,(H,28,29)(H2,24,25,27). The first-order chi connectivity index (χ1) is 14.0. The van der Waals surface area contributed by atoms with Gasteiger partial charge >= 0.3 is 12.1 Å². The molecule has 0 aliphatic heterocycles. The Bertz CT molecular complexity index is 950. The lowest BCUT2D eigenvalue weighted by atomic mass is 9.93. The third-order valence-corrected chi connectivity index (χ3v) is 4.57. The Morgan fingerprint density at radius 1 is 0.724 bits per heavy atom. The summed E-state index contributed by atoms with van der Waals surface area (Å²) in [5.74, 6) is 0. The maximum Gasteiger partial charge on any atom is 0.405 e. The van der Waals surface area contributed by atoms with Crippen molar-refractivity contribution < 1.29 is 14.7 Å². The van der Waals surface area contributed by atoms with Crippen LogP contribution in [0.3, 0.4) is 0 Å². The van der Waals surface area contributed by atoms with E-state index in [1.807, 2.05) is 60.7 Å². The monoisotopic (exact) mass is 409 g/mol. The van der Waals surface area contributed by atoms with Crippen LogP contribution in [0.1, 0.15) is 23.2 Å². The van der Waals surface area contributed by atoms with Crippen molar-refractivity contribution in [3.05, 3.63) is 101 Å². The van der Waals surface area contributed by atoms with Gasteiger partial charge in [0, 0.05) is 10.7 Å². The molecular weight excluding hydrogens is 390 g/mol. The second kappa shape index (κ2) is 9.61. The van der Waals surface area contributed by atoms with Crippen molar-refractivity contribution in [2.24, 2.45) is 0 Å². The Morgan fingerprint density at radius 3 is 1.69 bits per heavy atom. The van der Waals surface area contributed by atoms with E-state index < -0.39 is 24.2 Å². The number of hydrogen-bond acceptors (Lipinski definition) is 2. The third kappa shape index (κ3) is 5.73. The Morgan fingerprint density at radius 2 is 1.21 bits per heavy atom. The highest BCUT2D eigenvalue weighted by molar-refractivity contribution is 6.30. The maximum absolute atomic E-state index is 12.7. The summed E-state index contributed by atoms with van der Waals surface area (Å²) in [6, 6.07) is 23.3. The van der Waals surface area contributed by atoms with E-state index in [1.165, 1.54) is 0 Å². The molecule has 0 aliphatic rings. The SMILES string of the molecule is O=C(O)NC(c1ccccc1)C(NC(=O)Nc1ccc(Cl)cc1)c1ccccc1. The molecule has 0 aromatic heterocycles. The van der Waals surface area contributed by atoms with Crippen LogP contribution in [0.25, 0.3) is 0 Å². The molecule has 29 heavy (non-hydrogen) atoms. The number of anilines is 1. The molecule has 7 heteroatoms. The summed E-state index contributed by atoms with van der Waals surface area (Å²) in [6.45, 7) is 0. The van der Waals surface area contributed by atoms with Gasteiger partial charge in [-0.1, -0.05) is 72.3 Å². The van der Waals surface area contributed by atoms with Crippen LogP contribution in [0.4, 0.5) is 15.3 Å². The van der Waals surface area contributed by atoms with E-state index in [0.717, 1.165) is 11.1 Å². The fraction of sp³-hybridized carbons (Fsp3) is 0.0909. The van der Waals surface area contributed by atoms with E-state index >= 15 is 0 Å². The number of benzene rings is 3. The van der Waals surface area contributed by atoms with Gasteiger partial charge in [0.25, 0.3) is 0 Å². The van der Waals surface area contributed by atoms with E-state index in [1.54, 1.807) is 24.3 Å². The largest absolute Gasteiger partial charge is 0.465 e. The average Bonchev–Trinajstić information content (AvgIpc) is 2.73. The molecule has 0 heterocycles. The number of halogens is 1. The topological polar surface area (TPSA) is 90.5 Å². The zero-order chi connectivity index (χ0) is 20.6. The Hall–Kier alpha value is -3.51. The fourth-order valence-electron chi connectivity index (χ4n) is 3.01. The van der Waals surface area contributed by atoms with Crippen LogP contribution in [-0.2, 0) is 0 Å². The Labute approximate surface area is 173 Å². The molecule has 2 atom stereocenters. The van der Waals surface area contributed by atoms with Gasteiger partial charge in [0.2, 0.25) is 0 Å². The predicted molar refractivity (Wildman–Crippen MR) is 113 cm³/mol. The summed E-state index contributed by atoms with van der Waals surface area (Å²) < 4.78 is 0. The first-order valence-electron chi connectivity index (χ1n) is 8.95. The first-order valence-corrected chi connectivity index (χ1v) is 9.33. The molecule has 0 fully saturated rings. The summed E-state index contributed by atoms with van der Waals surface area (Å²) in [5, 5.41) is 18.1. The second-order valence-electron chi connectivity index (χ2n) is 6.33. The van der Waals surface area contributed by atoms with Crippen molar-refractivity contribution in [1.29, 1.82) is 0 Å². The van der Waals surface area contributed by atoms with Gasteiger partial charge in [0.05, 0.1) is 12.1 Å². The molecule has 0 saturated heterocycles. The highest BCUT2D eigenvalue weighted by Crippen LogP contribution is 2.29. The number of hydrogen-bond donors (Lipinski definition) is 4. The van der Waals surface area contributed by atoms with Gasteiger partial charge in [0.15, 0.2) is 0 Å². The lowest BCUT2D eigenvalue weighted by Crippen LogP contribution is -2.41. The molecule has 3 amide bonds. The molecule has 0 radical (unpaired) electrons. The summed E-state index contributed by atoms with van der Waals surface area (Å²) in [7, 11) is 0. The molecule has 0 aliphatic carbocycles. The van der Waals surface area contributed by atoms with Crippen molar-refractivity contribution >= 4 is 29.4 Å². The summed E-state index contributed by atoms with van der Waals surface area (Å²) >= 11 is 5.88. The minimum atomic E-state index is -1.18. The van der Waals surface area contributed by atoms with E-state index in [2.05, 4.69) is 16.0 Å². The number of urea groups is 1. The van der Waals surface area contributed by atoms with Crippen molar-refractivity contribution in [3.63, 3.8) is 0 Å². The molecule has 148 valence electrons. The average molecular weight is 410 g/mol. The quantitative estimate of drug-likeness (QED) is 0.450. The first kappa shape index (κ1) is 20.2. The van der Waals surface area contributed by atoms with Crippen molar-refractivity contribution in [3.8, 4) is 0 Å². The van der Waals surface area contributed by atoms with Gasteiger partial charge in [-0.3, -0.25) is 0 Å². The molecule has 3 aromatic rings. The van der Waals surface area contributed by atoms with Gasteiger partial charge in [-0.05, 0) is 35.4 Å². The lowest BCUT2D eigenvalue weighted by Gasteiger charge is -2.29.